The monoisotopic (exact) mass is 239 g/mol. The molecule has 0 spiro atoms. The Labute approximate surface area is 107 Å². The van der Waals surface area contributed by atoms with E-state index in [1.54, 1.807) is 0 Å². The van der Waals surface area contributed by atoms with Crippen LogP contribution >= 0.6 is 0 Å². The van der Waals surface area contributed by atoms with Crippen LogP contribution in [0.2, 0.25) is 0 Å². The first kappa shape index (κ1) is 14.7. The lowest BCUT2D eigenvalue weighted by molar-refractivity contribution is -0.118. The summed E-state index contributed by atoms with van der Waals surface area (Å²) in [7, 11) is 0. The van der Waals surface area contributed by atoms with E-state index in [1.165, 1.54) is 38.4 Å². The maximum Gasteiger partial charge on any atom is 0.127 e. The first-order chi connectivity index (χ1) is 8.17. The maximum absolute atomic E-state index is 11.6. The molecule has 1 atom stereocenters. The topological polar surface area (TPSA) is 20.3 Å². The van der Waals surface area contributed by atoms with E-state index in [1.807, 2.05) is 0 Å². The van der Waals surface area contributed by atoms with E-state index in [4.69, 9.17) is 0 Å². The number of hydrogen-bond donors (Lipinski definition) is 0. The van der Waals surface area contributed by atoms with E-state index in [0.29, 0.717) is 6.04 Å². The van der Waals surface area contributed by atoms with E-state index >= 15 is 0 Å². The molecule has 1 unspecified atom stereocenters. The van der Waals surface area contributed by atoms with Crippen LogP contribution in [0, 0.1) is 5.41 Å². The normalized spacial score (nSPS) is 22.1. The van der Waals surface area contributed by atoms with Crippen LogP contribution in [0.3, 0.4) is 0 Å². The highest BCUT2D eigenvalue weighted by atomic mass is 16.1. The van der Waals surface area contributed by atoms with Crippen molar-refractivity contribution in [2.75, 3.05) is 13.1 Å². The van der Waals surface area contributed by atoms with E-state index in [2.05, 4.69) is 25.7 Å². The highest BCUT2D eigenvalue weighted by Gasteiger charge is 2.33. The maximum atomic E-state index is 11.6. The van der Waals surface area contributed by atoms with Crippen molar-refractivity contribution in [3.8, 4) is 0 Å². The smallest absolute Gasteiger partial charge is 0.127 e. The van der Waals surface area contributed by atoms with Gasteiger partial charge >= 0.3 is 0 Å². The fourth-order valence-corrected chi connectivity index (χ4v) is 2.99. The fraction of sp³-hybridized carbons (Fsp3) is 0.933. The third-order valence-corrected chi connectivity index (χ3v) is 4.49. The van der Waals surface area contributed by atoms with Gasteiger partial charge in [0.05, 0.1) is 0 Å². The quantitative estimate of drug-likeness (QED) is 0.521. The molecule has 0 saturated heterocycles. The molecule has 2 nitrogen and oxygen atoms in total. The largest absolute Gasteiger partial charge is 0.303 e. The number of aldehydes is 1. The molecule has 0 aromatic heterocycles. The van der Waals surface area contributed by atoms with Crippen molar-refractivity contribution < 1.29 is 4.79 Å². The van der Waals surface area contributed by atoms with Crippen LogP contribution in [0.5, 0.6) is 0 Å². The Morgan fingerprint density at radius 2 is 1.76 bits per heavy atom. The van der Waals surface area contributed by atoms with Crippen LogP contribution in [0.4, 0.5) is 0 Å². The molecule has 0 amide bonds. The van der Waals surface area contributed by atoms with Gasteiger partial charge in [0.15, 0.2) is 0 Å². The van der Waals surface area contributed by atoms with Gasteiger partial charge in [-0.1, -0.05) is 39.5 Å². The minimum atomic E-state index is -0.0457. The Morgan fingerprint density at radius 3 is 2.18 bits per heavy atom. The second-order valence-corrected chi connectivity index (χ2v) is 5.71. The van der Waals surface area contributed by atoms with Gasteiger partial charge in [-0.3, -0.25) is 4.90 Å². The van der Waals surface area contributed by atoms with Gasteiger partial charge < -0.3 is 4.79 Å². The van der Waals surface area contributed by atoms with Gasteiger partial charge in [-0.05, 0) is 32.7 Å². The fourth-order valence-electron chi connectivity index (χ4n) is 2.99. The predicted molar refractivity (Wildman–Crippen MR) is 73.2 cm³/mol. The van der Waals surface area contributed by atoms with Gasteiger partial charge in [0.25, 0.3) is 0 Å². The van der Waals surface area contributed by atoms with Gasteiger partial charge in [-0.2, -0.15) is 0 Å². The van der Waals surface area contributed by atoms with Crippen LogP contribution in [-0.2, 0) is 4.79 Å². The van der Waals surface area contributed by atoms with Gasteiger partial charge in [-0.15, -0.1) is 0 Å². The molecule has 1 saturated carbocycles. The zero-order valence-corrected chi connectivity index (χ0v) is 11.9. The molecule has 1 aliphatic rings. The summed E-state index contributed by atoms with van der Waals surface area (Å²) in [6.45, 7) is 8.75. The van der Waals surface area contributed by atoms with E-state index < -0.39 is 0 Å². The lowest BCUT2D eigenvalue weighted by atomic mass is 9.81. The van der Waals surface area contributed by atoms with Crippen molar-refractivity contribution in [2.24, 2.45) is 5.41 Å². The summed E-state index contributed by atoms with van der Waals surface area (Å²) in [5.41, 5.74) is -0.0457. The minimum absolute atomic E-state index is 0.0457. The Kier molecular flexibility index (Phi) is 6.18. The molecule has 0 bridgehead atoms. The molecule has 0 radical (unpaired) electrons. The Hall–Kier alpha value is -0.370. The average Bonchev–Trinajstić information content (AvgIpc) is 2.61. The van der Waals surface area contributed by atoms with Gasteiger partial charge in [0.2, 0.25) is 0 Å². The molecule has 17 heavy (non-hydrogen) atoms. The van der Waals surface area contributed by atoms with Gasteiger partial charge in [0, 0.05) is 18.0 Å². The summed E-state index contributed by atoms with van der Waals surface area (Å²) in [6.07, 6.45) is 9.72. The molecule has 0 aliphatic heterocycles. The van der Waals surface area contributed by atoms with E-state index in [9.17, 15) is 4.79 Å². The van der Waals surface area contributed by atoms with Crippen LogP contribution < -0.4 is 0 Å². The number of carbonyl (C=O) groups is 1. The molecule has 0 heterocycles. The Morgan fingerprint density at radius 1 is 1.18 bits per heavy atom. The second-order valence-electron chi connectivity index (χ2n) is 5.71. The highest BCUT2D eigenvalue weighted by Crippen LogP contribution is 2.34. The average molecular weight is 239 g/mol. The first-order valence-electron chi connectivity index (χ1n) is 7.38. The highest BCUT2D eigenvalue weighted by molar-refractivity contribution is 5.59. The molecular weight excluding hydrogens is 210 g/mol. The molecule has 1 fully saturated rings. The summed E-state index contributed by atoms with van der Waals surface area (Å²) >= 11 is 0. The van der Waals surface area contributed by atoms with E-state index in [-0.39, 0.29) is 5.41 Å². The number of nitrogens with zero attached hydrogens (tertiary/aromatic N) is 1. The molecule has 0 aromatic rings. The Balaban J connectivity index is 2.67. The summed E-state index contributed by atoms with van der Waals surface area (Å²) < 4.78 is 0. The SMILES string of the molecule is CCC(C)N(CC)CC1(C=O)CCCCCC1. The minimum Gasteiger partial charge on any atom is -0.303 e. The lowest BCUT2D eigenvalue weighted by Crippen LogP contribution is -2.43. The van der Waals surface area contributed by atoms with Crippen molar-refractivity contribution in [1.82, 2.24) is 4.90 Å². The zero-order chi connectivity index (χ0) is 12.7. The standard InChI is InChI=1S/C15H29NO/c1-4-14(3)16(5-2)12-15(13-17)10-8-6-7-9-11-15/h13-14H,4-12H2,1-3H3. The molecule has 1 aliphatic carbocycles. The first-order valence-corrected chi connectivity index (χ1v) is 7.38. The second kappa shape index (κ2) is 7.15. The van der Waals surface area contributed by atoms with Gasteiger partial charge in [-0.25, -0.2) is 0 Å². The molecular formula is C15H29NO. The molecule has 0 aromatic carbocycles. The summed E-state index contributed by atoms with van der Waals surface area (Å²) in [4.78, 5) is 14.1. The summed E-state index contributed by atoms with van der Waals surface area (Å²) in [5, 5.41) is 0. The third kappa shape index (κ3) is 4.09. The van der Waals surface area contributed by atoms with Crippen LogP contribution in [0.15, 0.2) is 0 Å². The van der Waals surface area contributed by atoms with E-state index in [0.717, 1.165) is 25.9 Å². The van der Waals surface area contributed by atoms with Crippen molar-refractivity contribution in [1.29, 1.82) is 0 Å². The predicted octanol–water partition coefficient (Wildman–Crippen LogP) is 3.65. The number of carbonyl (C=O) groups excluding carboxylic acids is 1. The van der Waals surface area contributed by atoms with Crippen LogP contribution in [0.25, 0.3) is 0 Å². The summed E-state index contributed by atoms with van der Waals surface area (Å²) in [6, 6.07) is 0.597. The van der Waals surface area contributed by atoms with Crippen LogP contribution in [0.1, 0.15) is 65.7 Å². The van der Waals surface area contributed by atoms with Crippen molar-refractivity contribution in [3.05, 3.63) is 0 Å². The number of hydrogen-bond acceptors (Lipinski definition) is 2. The van der Waals surface area contributed by atoms with Crippen molar-refractivity contribution in [3.63, 3.8) is 0 Å². The van der Waals surface area contributed by atoms with Gasteiger partial charge in [0.1, 0.15) is 6.29 Å². The third-order valence-electron chi connectivity index (χ3n) is 4.49. The molecule has 2 heteroatoms. The zero-order valence-electron chi connectivity index (χ0n) is 11.9. The summed E-state index contributed by atoms with van der Waals surface area (Å²) in [5.74, 6) is 0. The molecule has 100 valence electrons. The van der Waals surface area contributed by atoms with Crippen LogP contribution in [-0.4, -0.2) is 30.3 Å². The molecule has 1 rings (SSSR count). The van der Waals surface area contributed by atoms with Crippen molar-refractivity contribution >= 4 is 6.29 Å². The van der Waals surface area contributed by atoms with Crippen molar-refractivity contribution in [2.45, 2.75) is 71.8 Å². The Bertz CT molecular complexity index is 219. The lowest BCUT2D eigenvalue weighted by Gasteiger charge is -2.36. The number of rotatable bonds is 6. The molecule has 0 N–H and O–H groups in total.